The molecule has 2 fully saturated rings. The Hall–Kier alpha value is -3.01. The minimum absolute atomic E-state index is 0.0163. The lowest BCUT2D eigenvalue weighted by atomic mass is 9.80. The number of nitrogen functional groups attached to an aromatic ring is 1. The minimum Gasteiger partial charge on any atom is -0.390 e. The quantitative estimate of drug-likeness (QED) is 0.457. The van der Waals surface area contributed by atoms with Crippen molar-refractivity contribution >= 4 is 22.5 Å². The second kappa shape index (κ2) is 6.74. The molecule has 1 saturated carbocycles. The molecule has 1 aliphatic heterocycles. The number of nitrogens with zero attached hydrogens (tertiary/aromatic N) is 5. The lowest BCUT2D eigenvalue weighted by Gasteiger charge is -2.26. The first-order valence-electron chi connectivity index (χ1n) is 10.5. The zero-order valence-electron chi connectivity index (χ0n) is 16.9. The number of fused-ring (bicyclic) bond motifs is 2. The van der Waals surface area contributed by atoms with Gasteiger partial charge in [0.1, 0.15) is 29.5 Å². The Balaban J connectivity index is 1.24. The normalized spacial score (nSPS) is 30.8. The maximum atomic E-state index is 11.0. The van der Waals surface area contributed by atoms with E-state index in [0.29, 0.717) is 30.9 Å². The fourth-order valence-corrected chi connectivity index (χ4v) is 5.43. The molecule has 0 aromatic carbocycles. The average Bonchev–Trinajstić information content (AvgIpc) is 3.53. The lowest BCUT2D eigenvalue weighted by Crippen LogP contribution is -2.37. The van der Waals surface area contributed by atoms with Crippen LogP contribution in [0.3, 0.4) is 0 Å². The summed E-state index contributed by atoms with van der Waals surface area (Å²) in [7, 11) is 0. The number of anilines is 1. The summed E-state index contributed by atoms with van der Waals surface area (Å²) in [5.41, 5.74) is 8.20. The van der Waals surface area contributed by atoms with Gasteiger partial charge in [-0.1, -0.05) is 0 Å². The second-order valence-electron chi connectivity index (χ2n) is 8.86. The molecule has 0 unspecified atom stereocenters. The standard InChI is InChI=1S/C22H24N6O3/c23-20-15-2-5-28(21(15)26-12-25-20)16-10-22(19(30)18(16)29)9-14(31-11-22)7-13-1-4-27-6-3-24-17(27)8-13/h1-6,8,12,14,16,18-19,29-30H,7,9-11H2,(H2,23,25,26)/t14-,16+,18-,19-,22-/m0/s1. The van der Waals surface area contributed by atoms with E-state index in [1.807, 2.05) is 33.6 Å². The molecule has 160 valence electrons. The summed E-state index contributed by atoms with van der Waals surface area (Å²) in [6.07, 6.45) is 9.24. The molecule has 1 aliphatic carbocycles. The smallest absolute Gasteiger partial charge is 0.145 e. The number of rotatable bonds is 3. The molecule has 9 heteroatoms. The predicted molar refractivity (Wildman–Crippen MR) is 113 cm³/mol. The van der Waals surface area contributed by atoms with Gasteiger partial charge in [-0.05, 0) is 43.0 Å². The van der Waals surface area contributed by atoms with E-state index in [1.165, 1.54) is 6.33 Å². The van der Waals surface area contributed by atoms with Gasteiger partial charge in [0.2, 0.25) is 0 Å². The molecule has 1 saturated heterocycles. The van der Waals surface area contributed by atoms with Gasteiger partial charge in [0.25, 0.3) is 0 Å². The molecule has 4 aromatic heterocycles. The zero-order valence-corrected chi connectivity index (χ0v) is 16.9. The van der Waals surface area contributed by atoms with Crippen molar-refractivity contribution < 1.29 is 14.9 Å². The van der Waals surface area contributed by atoms with Crippen LogP contribution in [0.1, 0.15) is 24.4 Å². The van der Waals surface area contributed by atoms with E-state index in [1.54, 1.807) is 6.20 Å². The van der Waals surface area contributed by atoms with Gasteiger partial charge >= 0.3 is 0 Å². The van der Waals surface area contributed by atoms with E-state index >= 15 is 0 Å². The fraction of sp³-hybridized carbons (Fsp3) is 0.409. The first-order chi connectivity index (χ1) is 15.0. The van der Waals surface area contributed by atoms with Gasteiger partial charge in [0.15, 0.2) is 0 Å². The van der Waals surface area contributed by atoms with Crippen LogP contribution in [0.15, 0.2) is 49.3 Å². The van der Waals surface area contributed by atoms with Gasteiger partial charge in [-0.15, -0.1) is 0 Å². The van der Waals surface area contributed by atoms with E-state index in [4.69, 9.17) is 10.5 Å². The highest BCUT2D eigenvalue weighted by molar-refractivity contribution is 5.86. The summed E-state index contributed by atoms with van der Waals surface area (Å²) in [4.78, 5) is 12.7. The molecule has 9 nitrogen and oxygen atoms in total. The van der Waals surface area contributed by atoms with Crippen LogP contribution in [-0.4, -0.2) is 59.1 Å². The molecule has 4 aromatic rings. The van der Waals surface area contributed by atoms with Crippen LogP contribution in [0.5, 0.6) is 0 Å². The van der Waals surface area contributed by atoms with E-state index in [2.05, 4.69) is 27.1 Å². The molecule has 5 heterocycles. The summed E-state index contributed by atoms with van der Waals surface area (Å²) in [6, 6.07) is 5.69. The Labute approximate surface area is 178 Å². The Morgan fingerprint density at radius 2 is 2.03 bits per heavy atom. The van der Waals surface area contributed by atoms with Crippen LogP contribution < -0.4 is 5.73 Å². The number of aliphatic hydroxyl groups excluding tert-OH is 2. The third-order valence-corrected chi connectivity index (χ3v) is 7.02. The molecule has 5 atom stereocenters. The Morgan fingerprint density at radius 3 is 2.94 bits per heavy atom. The minimum atomic E-state index is -0.907. The van der Waals surface area contributed by atoms with Crippen molar-refractivity contribution in [1.29, 1.82) is 0 Å². The summed E-state index contributed by atoms with van der Waals surface area (Å²) >= 11 is 0. The number of aromatic nitrogens is 5. The number of pyridine rings is 1. The molecule has 2 aliphatic rings. The van der Waals surface area contributed by atoms with Crippen LogP contribution >= 0.6 is 0 Å². The highest BCUT2D eigenvalue weighted by Gasteiger charge is 2.57. The maximum Gasteiger partial charge on any atom is 0.145 e. The molecule has 0 amide bonds. The highest BCUT2D eigenvalue weighted by atomic mass is 16.5. The van der Waals surface area contributed by atoms with Crippen LogP contribution in [0.4, 0.5) is 5.82 Å². The molecular weight excluding hydrogens is 396 g/mol. The van der Waals surface area contributed by atoms with Crippen LogP contribution in [0.2, 0.25) is 0 Å². The number of ether oxygens (including phenoxy) is 1. The Kier molecular flexibility index (Phi) is 4.08. The SMILES string of the molecule is Nc1ncnc2c1ccn2[C@@H]1C[C@@]2(CO[C@@H](Cc3ccn4ccnc4c3)C2)[C@@H](O)[C@H]1O. The Bertz CT molecular complexity index is 1270. The topological polar surface area (TPSA) is 124 Å². The molecular formula is C22H24N6O3. The van der Waals surface area contributed by atoms with Crippen molar-refractivity contribution in [2.45, 2.75) is 43.6 Å². The van der Waals surface area contributed by atoms with E-state index in [9.17, 15) is 10.2 Å². The third kappa shape index (κ3) is 2.84. The first kappa shape index (κ1) is 18.7. The van der Waals surface area contributed by atoms with Crippen molar-refractivity contribution in [1.82, 2.24) is 23.9 Å². The van der Waals surface area contributed by atoms with Gasteiger partial charge in [0, 0.05) is 30.2 Å². The number of imidazole rings is 1. The molecule has 4 N–H and O–H groups in total. The average molecular weight is 420 g/mol. The summed E-state index contributed by atoms with van der Waals surface area (Å²) in [5, 5.41) is 22.7. The van der Waals surface area contributed by atoms with Gasteiger partial charge in [-0.3, -0.25) is 0 Å². The van der Waals surface area contributed by atoms with Crippen LogP contribution in [0, 0.1) is 5.41 Å². The predicted octanol–water partition coefficient (Wildman–Crippen LogP) is 1.35. The van der Waals surface area contributed by atoms with Gasteiger partial charge in [0.05, 0.1) is 30.2 Å². The Morgan fingerprint density at radius 1 is 1.13 bits per heavy atom. The fourth-order valence-electron chi connectivity index (χ4n) is 5.43. The molecule has 1 spiro atoms. The first-order valence-corrected chi connectivity index (χ1v) is 10.5. The van der Waals surface area contributed by atoms with Gasteiger partial charge in [-0.25, -0.2) is 15.0 Å². The van der Waals surface area contributed by atoms with Crippen molar-refractivity contribution in [3.05, 3.63) is 54.9 Å². The second-order valence-corrected chi connectivity index (χ2v) is 8.86. The van der Waals surface area contributed by atoms with Crippen molar-refractivity contribution in [3.8, 4) is 0 Å². The lowest BCUT2D eigenvalue weighted by molar-refractivity contribution is -0.0308. The van der Waals surface area contributed by atoms with E-state index in [-0.39, 0.29) is 12.1 Å². The molecule has 6 rings (SSSR count). The van der Waals surface area contributed by atoms with E-state index < -0.39 is 17.6 Å². The number of nitrogens with two attached hydrogens (primary N) is 1. The van der Waals surface area contributed by atoms with Gasteiger partial charge in [-0.2, -0.15) is 0 Å². The van der Waals surface area contributed by atoms with E-state index in [0.717, 1.165) is 23.0 Å². The van der Waals surface area contributed by atoms with Crippen molar-refractivity contribution in [2.24, 2.45) is 5.41 Å². The van der Waals surface area contributed by atoms with Gasteiger partial charge < -0.3 is 29.7 Å². The highest BCUT2D eigenvalue weighted by Crippen LogP contribution is 2.52. The molecule has 0 bridgehead atoms. The maximum absolute atomic E-state index is 11.0. The zero-order chi connectivity index (χ0) is 21.2. The number of hydrogen-bond acceptors (Lipinski definition) is 7. The largest absolute Gasteiger partial charge is 0.390 e. The molecule has 31 heavy (non-hydrogen) atoms. The van der Waals surface area contributed by atoms with Crippen LogP contribution in [0.25, 0.3) is 16.7 Å². The summed E-state index contributed by atoms with van der Waals surface area (Å²) in [5.74, 6) is 0.408. The number of aliphatic hydroxyl groups is 2. The van der Waals surface area contributed by atoms with Crippen molar-refractivity contribution in [3.63, 3.8) is 0 Å². The monoisotopic (exact) mass is 420 g/mol. The molecule has 0 radical (unpaired) electrons. The summed E-state index contributed by atoms with van der Waals surface area (Å²) < 4.78 is 10.0. The third-order valence-electron chi connectivity index (χ3n) is 7.02. The number of hydrogen-bond donors (Lipinski definition) is 3. The summed E-state index contributed by atoms with van der Waals surface area (Å²) in [6.45, 7) is 0.425. The van der Waals surface area contributed by atoms with Crippen LogP contribution in [-0.2, 0) is 11.2 Å². The van der Waals surface area contributed by atoms with Crippen molar-refractivity contribution in [2.75, 3.05) is 12.3 Å².